The van der Waals surface area contributed by atoms with Gasteiger partial charge in [0.25, 0.3) is 0 Å². The molecule has 78 valence electrons. The average Bonchev–Trinajstić information content (AvgIpc) is 2.17. The monoisotopic (exact) mass is 183 g/mol. The Morgan fingerprint density at radius 2 is 1.69 bits per heavy atom. The minimum absolute atomic E-state index is 0.378. The molecule has 2 unspecified atom stereocenters. The van der Waals surface area contributed by atoms with Gasteiger partial charge < -0.3 is 5.73 Å². The summed E-state index contributed by atoms with van der Waals surface area (Å²) in [6, 6.07) is 0.378. The van der Waals surface area contributed by atoms with Crippen LogP contribution in [0.15, 0.2) is 0 Å². The van der Waals surface area contributed by atoms with Crippen molar-refractivity contribution in [2.24, 2.45) is 23.5 Å². The van der Waals surface area contributed by atoms with Crippen molar-refractivity contribution in [3.8, 4) is 0 Å². The van der Waals surface area contributed by atoms with Gasteiger partial charge in [0.1, 0.15) is 0 Å². The summed E-state index contributed by atoms with van der Waals surface area (Å²) >= 11 is 0. The molecule has 1 rings (SSSR count). The highest BCUT2D eigenvalue weighted by Crippen LogP contribution is 2.35. The lowest BCUT2D eigenvalue weighted by atomic mass is 9.74. The minimum Gasteiger partial charge on any atom is -0.328 e. The zero-order chi connectivity index (χ0) is 9.84. The van der Waals surface area contributed by atoms with Crippen molar-refractivity contribution in [3.05, 3.63) is 0 Å². The number of nitrogens with two attached hydrogens (primary N) is 1. The van der Waals surface area contributed by atoms with Gasteiger partial charge in [-0.3, -0.25) is 0 Å². The maximum Gasteiger partial charge on any atom is 0.00387 e. The van der Waals surface area contributed by atoms with Gasteiger partial charge in [0, 0.05) is 6.04 Å². The highest BCUT2D eigenvalue weighted by Gasteiger charge is 2.25. The fourth-order valence-electron chi connectivity index (χ4n) is 2.55. The van der Waals surface area contributed by atoms with Gasteiger partial charge in [-0.1, -0.05) is 33.1 Å². The van der Waals surface area contributed by atoms with E-state index in [1.807, 2.05) is 0 Å². The quantitative estimate of drug-likeness (QED) is 0.714. The molecular formula is C12H25N. The smallest absolute Gasteiger partial charge is 0.00387 e. The predicted molar refractivity (Wildman–Crippen MR) is 58.6 cm³/mol. The molecule has 1 aliphatic carbocycles. The van der Waals surface area contributed by atoms with Crippen LogP contribution in [0.3, 0.4) is 0 Å². The molecule has 0 aromatic carbocycles. The lowest BCUT2D eigenvalue weighted by Crippen LogP contribution is -2.32. The Morgan fingerprint density at radius 3 is 2.08 bits per heavy atom. The third-order valence-electron chi connectivity index (χ3n) is 4.04. The van der Waals surface area contributed by atoms with Gasteiger partial charge in [-0.25, -0.2) is 0 Å². The van der Waals surface area contributed by atoms with Crippen LogP contribution in [0.2, 0.25) is 0 Å². The molecule has 2 atom stereocenters. The van der Waals surface area contributed by atoms with Crippen molar-refractivity contribution in [1.29, 1.82) is 0 Å². The van der Waals surface area contributed by atoms with Crippen molar-refractivity contribution in [2.45, 2.75) is 58.9 Å². The van der Waals surface area contributed by atoms with Crippen molar-refractivity contribution in [3.63, 3.8) is 0 Å². The summed E-state index contributed by atoms with van der Waals surface area (Å²) in [4.78, 5) is 0. The zero-order valence-corrected chi connectivity index (χ0v) is 9.42. The van der Waals surface area contributed by atoms with Gasteiger partial charge >= 0.3 is 0 Å². The molecule has 0 amide bonds. The molecule has 0 aromatic rings. The maximum absolute atomic E-state index is 5.93. The zero-order valence-electron chi connectivity index (χ0n) is 9.42. The van der Waals surface area contributed by atoms with Crippen LogP contribution < -0.4 is 5.73 Å². The van der Waals surface area contributed by atoms with Crippen LogP contribution in [0.25, 0.3) is 0 Å². The van der Waals surface area contributed by atoms with Crippen LogP contribution in [0.5, 0.6) is 0 Å². The standard InChI is InChI=1S/C12H25N/c1-4-11-5-7-12(8-6-11)9(2)10(3)13/h9-12H,4-8,13H2,1-3H3. The second-order valence-electron chi connectivity index (χ2n) is 4.91. The number of hydrogen-bond acceptors (Lipinski definition) is 1. The van der Waals surface area contributed by atoms with E-state index in [9.17, 15) is 0 Å². The second-order valence-corrected chi connectivity index (χ2v) is 4.91. The highest BCUT2D eigenvalue weighted by molar-refractivity contribution is 4.78. The van der Waals surface area contributed by atoms with Crippen LogP contribution >= 0.6 is 0 Å². The van der Waals surface area contributed by atoms with Gasteiger partial charge in [-0.15, -0.1) is 0 Å². The molecule has 1 heteroatoms. The van der Waals surface area contributed by atoms with Crippen LogP contribution in [0.4, 0.5) is 0 Å². The summed E-state index contributed by atoms with van der Waals surface area (Å²) in [5, 5.41) is 0. The van der Waals surface area contributed by atoms with Crippen molar-refractivity contribution in [2.75, 3.05) is 0 Å². The van der Waals surface area contributed by atoms with Crippen molar-refractivity contribution in [1.82, 2.24) is 0 Å². The van der Waals surface area contributed by atoms with Gasteiger partial charge in [0.2, 0.25) is 0 Å². The minimum atomic E-state index is 0.378. The van der Waals surface area contributed by atoms with Gasteiger partial charge in [-0.05, 0) is 37.5 Å². The van der Waals surface area contributed by atoms with E-state index >= 15 is 0 Å². The third kappa shape index (κ3) is 2.98. The van der Waals surface area contributed by atoms with Gasteiger partial charge in [0.05, 0.1) is 0 Å². The molecule has 0 radical (unpaired) electrons. The molecule has 0 saturated heterocycles. The van der Waals surface area contributed by atoms with Gasteiger partial charge in [0.15, 0.2) is 0 Å². The highest BCUT2D eigenvalue weighted by atomic mass is 14.6. The van der Waals surface area contributed by atoms with E-state index in [2.05, 4.69) is 20.8 Å². The molecule has 1 saturated carbocycles. The summed E-state index contributed by atoms with van der Waals surface area (Å²) in [7, 11) is 0. The Morgan fingerprint density at radius 1 is 1.15 bits per heavy atom. The Balaban J connectivity index is 2.32. The molecule has 0 spiro atoms. The summed E-state index contributed by atoms with van der Waals surface area (Å²) in [6.07, 6.45) is 7.10. The van der Waals surface area contributed by atoms with Crippen LogP contribution in [0.1, 0.15) is 52.9 Å². The van der Waals surface area contributed by atoms with E-state index in [4.69, 9.17) is 5.73 Å². The van der Waals surface area contributed by atoms with E-state index in [1.165, 1.54) is 32.1 Å². The fourth-order valence-corrected chi connectivity index (χ4v) is 2.55. The molecule has 13 heavy (non-hydrogen) atoms. The van der Waals surface area contributed by atoms with Gasteiger partial charge in [-0.2, -0.15) is 0 Å². The molecule has 0 aromatic heterocycles. The Labute approximate surface area is 83.1 Å². The first kappa shape index (κ1) is 11.0. The van der Waals surface area contributed by atoms with Crippen molar-refractivity contribution >= 4 is 0 Å². The van der Waals surface area contributed by atoms with Crippen molar-refractivity contribution < 1.29 is 0 Å². The first-order valence-corrected chi connectivity index (χ1v) is 5.90. The summed E-state index contributed by atoms with van der Waals surface area (Å²) in [5.74, 6) is 2.64. The van der Waals surface area contributed by atoms with Crippen LogP contribution in [0, 0.1) is 17.8 Å². The largest absolute Gasteiger partial charge is 0.328 e. The molecule has 1 nitrogen and oxygen atoms in total. The Bertz CT molecular complexity index is 134. The van der Waals surface area contributed by atoms with E-state index in [-0.39, 0.29) is 0 Å². The molecule has 0 bridgehead atoms. The van der Waals surface area contributed by atoms with E-state index in [0.717, 1.165) is 17.8 Å². The fraction of sp³-hybridized carbons (Fsp3) is 1.00. The van der Waals surface area contributed by atoms with Crippen LogP contribution in [-0.4, -0.2) is 6.04 Å². The molecule has 1 aliphatic rings. The summed E-state index contributed by atoms with van der Waals surface area (Å²) < 4.78 is 0. The first-order chi connectivity index (χ1) is 6.15. The predicted octanol–water partition coefficient (Wildman–Crippen LogP) is 3.19. The van der Waals surface area contributed by atoms with E-state index in [0.29, 0.717) is 6.04 Å². The molecule has 2 N–H and O–H groups in total. The van der Waals surface area contributed by atoms with E-state index in [1.54, 1.807) is 0 Å². The molecule has 0 heterocycles. The SMILES string of the molecule is CCC1CCC(C(C)C(C)N)CC1. The molecule has 0 aliphatic heterocycles. The Kier molecular flexibility index (Phi) is 4.24. The van der Waals surface area contributed by atoms with E-state index < -0.39 is 0 Å². The lowest BCUT2D eigenvalue weighted by Gasteiger charge is -2.33. The number of hydrogen-bond donors (Lipinski definition) is 1. The lowest BCUT2D eigenvalue weighted by molar-refractivity contribution is 0.195. The topological polar surface area (TPSA) is 26.0 Å². The third-order valence-corrected chi connectivity index (χ3v) is 4.04. The number of rotatable bonds is 3. The first-order valence-electron chi connectivity index (χ1n) is 5.90. The second kappa shape index (κ2) is 4.99. The normalized spacial score (nSPS) is 34.2. The Hall–Kier alpha value is -0.0400. The molecular weight excluding hydrogens is 158 g/mol. The summed E-state index contributed by atoms with van der Waals surface area (Å²) in [6.45, 7) is 6.79. The maximum atomic E-state index is 5.93. The average molecular weight is 183 g/mol. The molecule has 1 fully saturated rings. The summed E-state index contributed by atoms with van der Waals surface area (Å²) in [5.41, 5.74) is 5.93. The van der Waals surface area contributed by atoms with Crippen LogP contribution in [-0.2, 0) is 0 Å².